The monoisotopic (exact) mass is 197 g/mol. The molecule has 0 saturated heterocycles. The van der Waals surface area contributed by atoms with Crippen molar-refractivity contribution in [3.8, 4) is 0 Å². The highest BCUT2D eigenvalue weighted by Gasteiger charge is 1.94. The summed E-state index contributed by atoms with van der Waals surface area (Å²) in [7, 11) is 0. The molecule has 1 heterocycles. The maximum absolute atomic E-state index is 2.20. The van der Waals surface area contributed by atoms with E-state index in [2.05, 4.69) is 59.4 Å². The summed E-state index contributed by atoms with van der Waals surface area (Å²) in [5.74, 6) is 0. The minimum absolute atomic E-state index is 0.943. The van der Waals surface area contributed by atoms with Crippen LogP contribution in [0.1, 0.15) is 18.1 Å². The van der Waals surface area contributed by atoms with Gasteiger partial charge in [-0.25, -0.2) is 0 Å². The number of hydrogen-bond donors (Lipinski definition) is 0. The molecule has 2 aromatic rings. The summed E-state index contributed by atoms with van der Waals surface area (Å²) in [6, 6.07) is 12.6. The molecule has 0 unspecified atom stereocenters. The van der Waals surface area contributed by atoms with Gasteiger partial charge in [0.1, 0.15) is 0 Å². The summed E-state index contributed by atoms with van der Waals surface area (Å²) in [5.41, 5.74) is 2.59. The molecular weight excluding hydrogens is 182 g/mol. The minimum atomic E-state index is 0.943. The number of allylic oxidation sites excluding steroid dienone is 1. The average molecular weight is 197 g/mol. The van der Waals surface area contributed by atoms with Crippen LogP contribution in [0.3, 0.4) is 0 Å². The second kappa shape index (κ2) is 4.65. The molecule has 15 heavy (non-hydrogen) atoms. The van der Waals surface area contributed by atoms with Crippen LogP contribution in [0.25, 0.3) is 6.08 Å². The van der Waals surface area contributed by atoms with Crippen LogP contribution in [0.2, 0.25) is 0 Å². The second-order valence-corrected chi connectivity index (χ2v) is 3.60. The predicted molar refractivity (Wildman–Crippen MR) is 64.7 cm³/mol. The van der Waals surface area contributed by atoms with Crippen molar-refractivity contribution in [1.82, 2.24) is 4.57 Å². The fourth-order valence-electron chi connectivity index (χ4n) is 1.64. The zero-order valence-corrected chi connectivity index (χ0v) is 8.93. The smallest absolute Gasteiger partial charge is 0.0470 e. The first kappa shape index (κ1) is 9.78. The van der Waals surface area contributed by atoms with Gasteiger partial charge in [0.15, 0.2) is 0 Å². The highest BCUT2D eigenvalue weighted by atomic mass is 14.9. The van der Waals surface area contributed by atoms with Crippen LogP contribution in [0, 0.1) is 0 Å². The van der Waals surface area contributed by atoms with Gasteiger partial charge < -0.3 is 4.57 Å². The molecule has 1 aromatic carbocycles. The van der Waals surface area contributed by atoms with Gasteiger partial charge >= 0.3 is 0 Å². The molecule has 76 valence electrons. The fraction of sp³-hybridized carbons (Fsp3) is 0.143. The van der Waals surface area contributed by atoms with Crippen molar-refractivity contribution >= 4 is 6.08 Å². The van der Waals surface area contributed by atoms with Crippen molar-refractivity contribution in [3.05, 3.63) is 66.0 Å². The molecule has 0 aliphatic heterocycles. The molecular formula is C14H15N. The van der Waals surface area contributed by atoms with Crippen LogP contribution < -0.4 is 0 Å². The molecule has 0 atom stereocenters. The van der Waals surface area contributed by atoms with Crippen molar-refractivity contribution in [2.75, 3.05) is 0 Å². The first-order valence-corrected chi connectivity index (χ1v) is 5.21. The molecule has 1 heteroatoms. The molecule has 1 nitrogen and oxygen atoms in total. The van der Waals surface area contributed by atoms with Gasteiger partial charge in [-0.1, -0.05) is 42.5 Å². The van der Waals surface area contributed by atoms with Crippen molar-refractivity contribution in [3.63, 3.8) is 0 Å². The lowest BCUT2D eigenvalue weighted by molar-refractivity contribution is 0.806. The van der Waals surface area contributed by atoms with Crippen LogP contribution in [0.15, 0.2) is 54.9 Å². The Morgan fingerprint density at radius 3 is 2.67 bits per heavy atom. The summed E-state index contributed by atoms with van der Waals surface area (Å²) in [6.45, 7) is 2.98. The van der Waals surface area contributed by atoms with E-state index in [4.69, 9.17) is 0 Å². The molecule has 1 aromatic heterocycles. The molecule has 0 amide bonds. The second-order valence-electron chi connectivity index (χ2n) is 3.60. The predicted octanol–water partition coefficient (Wildman–Crippen LogP) is 3.57. The van der Waals surface area contributed by atoms with Crippen molar-refractivity contribution in [2.45, 2.75) is 13.5 Å². The summed E-state index contributed by atoms with van der Waals surface area (Å²) in [5, 5.41) is 0. The zero-order valence-electron chi connectivity index (χ0n) is 8.93. The molecule has 0 spiro atoms. The molecule has 0 saturated carbocycles. The highest BCUT2D eigenvalue weighted by Crippen LogP contribution is 2.07. The Kier molecular flexibility index (Phi) is 3.03. The largest absolute Gasteiger partial charge is 0.349 e. The van der Waals surface area contributed by atoms with Crippen LogP contribution in [-0.2, 0) is 6.54 Å². The fourth-order valence-corrected chi connectivity index (χ4v) is 1.64. The van der Waals surface area contributed by atoms with E-state index >= 15 is 0 Å². The number of hydrogen-bond acceptors (Lipinski definition) is 0. The summed E-state index contributed by atoms with van der Waals surface area (Å²) in [4.78, 5) is 0. The summed E-state index contributed by atoms with van der Waals surface area (Å²) < 4.78 is 2.20. The van der Waals surface area contributed by atoms with Crippen LogP contribution in [0.5, 0.6) is 0 Å². The van der Waals surface area contributed by atoms with Crippen LogP contribution in [0.4, 0.5) is 0 Å². The number of rotatable bonds is 3. The van der Waals surface area contributed by atoms with E-state index in [9.17, 15) is 0 Å². The topological polar surface area (TPSA) is 4.93 Å². The zero-order chi connectivity index (χ0) is 10.5. The van der Waals surface area contributed by atoms with E-state index in [1.165, 1.54) is 11.1 Å². The average Bonchev–Trinajstić information content (AvgIpc) is 2.68. The Morgan fingerprint density at radius 1 is 1.13 bits per heavy atom. The number of aromatic nitrogens is 1. The van der Waals surface area contributed by atoms with E-state index in [1.807, 2.05) is 13.0 Å². The maximum Gasteiger partial charge on any atom is 0.0470 e. The lowest BCUT2D eigenvalue weighted by Gasteiger charge is -2.01. The Bertz CT molecular complexity index is 437. The van der Waals surface area contributed by atoms with Crippen molar-refractivity contribution < 1.29 is 0 Å². The lowest BCUT2D eigenvalue weighted by Crippen LogP contribution is -1.95. The van der Waals surface area contributed by atoms with Crippen molar-refractivity contribution in [1.29, 1.82) is 0 Å². The van der Waals surface area contributed by atoms with Gasteiger partial charge in [-0.2, -0.15) is 0 Å². The summed E-state index contributed by atoms with van der Waals surface area (Å²) in [6.07, 6.45) is 8.44. The van der Waals surface area contributed by atoms with Gasteiger partial charge in [0, 0.05) is 18.9 Å². The van der Waals surface area contributed by atoms with Gasteiger partial charge in [0.25, 0.3) is 0 Å². The van der Waals surface area contributed by atoms with E-state index in [-0.39, 0.29) is 0 Å². The van der Waals surface area contributed by atoms with Crippen molar-refractivity contribution in [2.24, 2.45) is 0 Å². The summed E-state index contributed by atoms with van der Waals surface area (Å²) >= 11 is 0. The Balaban J connectivity index is 2.11. The van der Waals surface area contributed by atoms with E-state index in [1.54, 1.807) is 0 Å². The third-order valence-corrected chi connectivity index (χ3v) is 2.34. The van der Waals surface area contributed by atoms with E-state index in [0.717, 1.165) is 6.54 Å². The molecule has 2 rings (SSSR count). The quantitative estimate of drug-likeness (QED) is 0.709. The third kappa shape index (κ3) is 2.59. The van der Waals surface area contributed by atoms with Crippen LogP contribution in [-0.4, -0.2) is 4.57 Å². The highest BCUT2D eigenvalue weighted by molar-refractivity contribution is 5.47. The minimum Gasteiger partial charge on any atom is -0.349 e. The standard InChI is InChI=1S/C14H15N/c1-2-6-13-9-10-15(11-13)12-14-7-4-3-5-8-14/h2-11H,12H2,1H3/b6-2+. The Morgan fingerprint density at radius 2 is 1.93 bits per heavy atom. The molecule has 0 bridgehead atoms. The molecule has 0 aliphatic rings. The molecule has 0 radical (unpaired) electrons. The maximum atomic E-state index is 2.20. The first-order valence-electron chi connectivity index (χ1n) is 5.21. The van der Waals surface area contributed by atoms with Gasteiger partial charge in [-0.3, -0.25) is 0 Å². The van der Waals surface area contributed by atoms with E-state index < -0.39 is 0 Å². The SMILES string of the molecule is C/C=C/c1ccn(Cc2ccccc2)c1. The lowest BCUT2D eigenvalue weighted by atomic mass is 10.2. The normalized spacial score (nSPS) is 11.0. The first-order chi connectivity index (χ1) is 7.38. The molecule has 0 N–H and O–H groups in total. The number of benzene rings is 1. The number of nitrogens with zero attached hydrogens (tertiary/aromatic N) is 1. The third-order valence-electron chi connectivity index (χ3n) is 2.34. The van der Waals surface area contributed by atoms with Gasteiger partial charge in [0.2, 0.25) is 0 Å². The van der Waals surface area contributed by atoms with Gasteiger partial charge in [0.05, 0.1) is 0 Å². The molecule has 0 aliphatic carbocycles. The van der Waals surface area contributed by atoms with Crippen LogP contribution >= 0.6 is 0 Å². The Hall–Kier alpha value is -1.76. The Labute approximate surface area is 90.7 Å². The van der Waals surface area contributed by atoms with E-state index in [0.29, 0.717) is 0 Å². The van der Waals surface area contributed by atoms with Gasteiger partial charge in [-0.15, -0.1) is 0 Å². The molecule has 0 fully saturated rings. The van der Waals surface area contributed by atoms with Gasteiger partial charge in [-0.05, 0) is 24.1 Å².